The summed E-state index contributed by atoms with van der Waals surface area (Å²) < 4.78 is 13.4. The fourth-order valence-corrected chi connectivity index (χ4v) is 1.99. The quantitative estimate of drug-likeness (QED) is 0.666. The van der Waals surface area contributed by atoms with Gasteiger partial charge in [-0.3, -0.25) is 10.1 Å². The zero-order valence-corrected chi connectivity index (χ0v) is 10.7. The molecule has 4 nitrogen and oxygen atoms in total. The fraction of sp³-hybridized carbons (Fsp3) is 0.455. The normalized spacial score (nSPS) is 14.7. The molecular weight excluding hydrogens is 291 g/mol. The van der Waals surface area contributed by atoms with Crippen LogP contribution in [0.15, 0.2) is 16.6 Å². The lowest BCUT2D eigenvalue weighted by Gasteiger charge is -2.07. The minimum Gasteiger partial charge on any atom is -0.379 e. The standard InChI is InChI=1S/C11H12BrFN2O2/c12-8-5-10(14-4-3-7-1-2-7)11(15(16)17)6-9(8)13/h5-7,14H,1-4H2. The molecule has 1 aromatic carbocycles. The Hall–Kier alpha value is -1.17. The molecule has 0 amide bonds. The molecule has 1 aromatic rings. The molecule has 0 unspecified atom stereocenters. The monoisotopic (exact) mass is 302 g/mol. The Morgan fingerprint density at radius 2 is 2.24 bits per heavy atom. The summed E-state index contributed by atoms with van der Waals surface area (Å²) in [5, 5.41) is 13.8. The van der Waals surface area contributed by atoms with Crippen molar-refractivity contribution in [2.24, 2.45) is 5.92 Å². The highest BCUT2D eigenvalue weighted by Crippen LogP contribution is 2.34. The van der Waals surface area contributed by atoms with E-state index in [2.05, 4.69) is 21.2 Å². The van der Waals surface area contributed by atoms with Gasteiger partial charge in [-0.1, -0.05) is 12.8 Å². The van der Waals surface area contributed by atoms with E-state index in [0.717, 1.165) is 18.4 Å². The summed E-state index contributed by atoms with van der Waals surface area (Å²) in [6.45, 7) is 0.684. The number of benzene rings is 1. The third-order valence-corrected chi connectivity index (χ3v) is 3.41. The van der Waals surface area contributed by atoms with Crippen molar-refractivity contribution in [2.75, 3.05) is 11.9 Å². The van der Waals surface area contributed by atoms with E-state index in [4.69, 9.17) is 0 Å². The van der Waals surface area contributed by atoms with Crippen molar-refractivity contribution >= 4 is 27.3 Å². The van der Waals surface area contributed by atoms with E-state index in [9.17, 15) is 14.5 Å². The van der Waals surface area contributed by atoms with Gasteiger partial charge in [-0.25, -0.2) is 4.39 Å². The molecule has 2 rings (SSSR count). The van der Waals surface area contributed by atoms with Crippen molar-refractivity contribution in [1.82, 2.24) is 0 Å². The second-order valence-corrected chi connectivity index (χ2v) is 5.05. The third kappa shape index (κ3) is 3.15. The van der Waals surface area contributed by atoms with Crippen molar-refractivity contribution in [1.29, 1.82) is 0 Å². The number of nitrogens with zero attached hydrogens (tertiary/aromatic N) is 1. The van der Waals surface area contributed by atoms with Crippen LogP contribution in [0, 0.1) is 21.8 Å². The average Bonchev–Trinajstić information content (AvgIpc) is 3.06. The van der Waals surface area contributed by atoms with Crippen LogP contribution in [-0.4, -0.2) is 11.5 Å². The first kappa shape index (κ1) is 12.3. The average molecular weight is 303 g/mol. The van der Waals surface area contributed by atoms with E-state index in [1.54, 1.807) is 0 Å². The molecule has 0 bridgehead atoms. The predicted molar refractivity (Wildman–Crippen MR) is 66.6 cm³/mol. The lowest BCUT2D eigenvalue weighted by molar-refractivity contribution is -0.384. The van der Waals surface area contributed by atoms with Gasteiger partial charge in [0.05, 0.1) is 15.5 Å². The zero-order valence-electron chi connectivity index (χ0n) is 9.08. The molecule has 0 heterocycles. The maximum absolute atomic E-state index is 13.2. The van der Waals surface area contributed by atoms with Gasteiger partial charge in [-0.15, -0.1) is 0 Å². The summed E-state index contributed by atoms with van der Waals surface area (Å²) in [5.74, 6) is 0.134. The smallest absolute Gasteiger partial charge is 0.295 e. The molecule has 0 spiro atoms. The van der Waals surface area contributed by atoms with Gasteiger partial charge in [0, 0.05) is 6.54 Å². The molecule has 1 aliphatic rings. The van der Waals surface area contributed by atoms with Crippen LogP contribution in [-0.2, 0) is 0 Å². The summed E-state index contributed by atoms with van der Waals surface area (Å²) in [6, 6.07) is 2.35. The van der Waals surface area contributed by atoms with Gasteiger partial charge in [0.1, 0.15) is 11.5 Å². The van der Waals surface area contributed by atoms with Crippen LogP contribution >= 0.6 is 15.9 Å². The van der Waals surface area contributed by atoms with Crippen LogP contribution in [0.3, 0.4) is 0 Å². The van der Waals surface area contributed by atoms with E-state index < -0.39 is 10.7 Å². The van der Waals surface area contributed by atoms with Gasteiger partial charge in [0.2, 0.25) is 0 Å². The molecule has 17 heavy (non-hydrogen) atoms. The summed E-state index contributed by atoms with van der Waals surface area (Å²) in [7, 11) is 0. The predicted octanol–water partition coefficient (Wildman–Crippen LogP) is 3.71. The highest BCUT2D eigenvalue weighted by molar-refractivity contribution is 9.10. The van der Waals surface area contributed by atoms with Gasteiger partial charge in [-0.2, -0.15) is 0 Å². The maximum Gasteiger partial charge on any atom is 0.295 e. The summed E-state index contributed by atoms with van der Waals surface area (Å²) in [6.07, 6.45) is 3.50. The molecule has 1 fully saturated rings. The lowest BCUT2D eigenvalue weighted by Crippen LogP contribution is -2.05. The van der Waals surface area contributed by atoms with Crippen LogP contribution < -0.4 is 5.32 Å². The number of anilines is 1. The molecule has 0 aliphatic heterocycles. The minimum atomic E-state index is -0.621. The molecule has 0 radical (unpaired) electrons. The van der Waals surface area contributed by atoms with Gasteiger partial charge in [0.25, 0.3) is 5.69 Å². The number of nitrogens with one attached hydrogen (secondary N) is 1. The first-order valence-electron chi connectivity index (χ1n) is 5.45. The van der Waals surface area contributed by atoms with Gasteiger partial charge in [-0.05, 0) is 34.3 Å². The lowest BCUT2D eigenvalue weighted by atomic mass is 10.2. The van der Waals surface area contributed by atoms with Crippen LogP contribution in [0.4, 0.5) is 15.8 Å². The molecule has 1 N–H and O–H groups in total. The Bertz CT molecular complexity index is 449. The van der Waals surface area contributed by atoms with Crippen LogP contribution in [0.25, 0.3) is 0 Å². The Morgan fingerprint density at radius 3 is 2.82 bits per heavy atom. The Kier molecular flexibility index (Phi) is 3.61. The van der Waals surface area contributed by atoms with Gasteiger partial charge >= 0.3 is 0 Å². The molecule has 1 saturated carbocycles. The van der Waals surface area contributed by atoms with Crippen molar-refractivity contribution in [3.8, 4) is 0 Å². The van der Waals surface area contributed by atoms with E-state index >= 15 is 0 Å². The zero-order chi connectivity index (χ0) is 12.4. The Balaban J connectivity index is 2.11. The fourth-order valence-electron chi connectivity index (χ4n) is 1.65. The number of rotatable bonds is 5. The van der Waals surface area contributed by atoms with E-state index in [1.807, 2.05) is 0 Å². The third-order valence-electron chi connectivity index (χ3n) is 2.80. The molecule has 92 valence electrons. The van der Waals surface area contributed by atoms with Crippen LogP contribution in [0.1, 0.15) is 19.3 Å². The largest absolute Gasteiger partial charge is 0.379 e. The first-order valence-corrected chi connectivity index (χ1v) is 6.24. The number of nitro groups is 1. The van der Waals surface area contributed by atoms with Crippen molar-refractivity contribution in [3.63, 3.8) is 0 Å². The number of hydrogen-bond donors (Lipinski definition) is 1. The second kappa shape index (κ2) is 5.00. The molecule has 1 aliphatic carbocycles. The van der Waals surface area contributed by atoms with E-state index in [0.29, 0.717) is 12.2 Å². The first-order chi connectivity index (χ1) is 8.08. The minimum absolute atomic E-state index is 0.221. The van der Waals surface area contributed by atoms with Crippen LogP contribution in [0.5, 0.6) is 0 Å². The topological polar surface area (TPSA) is 55.2 Å². The van der Waals surface area contributed by atoms with Gasteiger partial charge in [0.15, 0.2) is 0 Å². The van der Waals surface area contributed by atoms with E-state index in [-0.39, 0.29) is 10.2 Å². The molecule has 0 aromatic heterocycles. The molecule has 6 heteroatoms. The van der Waals surface area contributed by atoms with E-state index in [1.165, 1.54) is 18.9 Å². The van der Waals surface area contributed by atoms with Crippen molar-refractivity contribution < 1.29 is 9.31 Å². The number of nitro benzene ring substituents is 1. The van der Waals surface area contributed by atoms with Crippen molar-refractivity contribution in [3.05, 3.63) is 32.5 Å². The van der Waals surface area contributed by atoms with Gasteiger partial charge < -0.3 is 5.32 Å². The SMILES string of the molecule is O=[N+]([O-])c1cc(F)c(Br)cc1NCCC1CC1. The maximum atomic E-state index is 13.2. The summed E-state index contributed by atoms with van der Waals surface area (Å²) in [4.78, 5) is 10.2. The van der Waals surface area contributed by atoms with Crippen molar-refractivity contribution in [2.45, 2.75) is 19.3 Å². The highest BCUT2D eigenvalue weighted by atomic mass is 79.9. The molecule has 0 saturated heterocycles. The summed E-state index contributed by atoms with van der Waals surface area (Å²) in [5.41, 5.74) is 0.144. The second-order valence-electron chi connectivity index (χ2n) is 4.20. The Morgan fingerprint density at radius 1 is 1.53 bits per heavy atom. The Labute approximate surface area is 106 Å². The summed E-state index contributed by atoms with van der Waals surface area (Å²) >= 11 is 3.02. The molecule has 0 atom stereocenters. The number of halogens is 2. The van der Waals surface area contributed by atoms with Crippen LogP contribution in [0.2, 0.25) is 0 Å². The number of hydrogen-bond acceptors (Lipinski definition) is 3. The highest BCUT2D eigenvalue weighted by Gasteiger charge is 2.21. The molecular formula is C11H12BrFN2O2.